The summed E-state index contributed by atoms with van der Waals surface area (Å²) in [7, 11) is -4.25. The molecule has 58 heavy (non-hydrogen) atoms. The van der Waals surface area contributed by atoms with E-state index >= 15 is 0 Å². The fraction of sp³-hybridized carbons (Fsp3) is 0.932. The Morgan fingerprint density at radius 3 is 2.24 bits per heavy atom. The average molecular weight is 846 g/mol. The van der Waals surface area contributed by atoms with Crippen molar-refractivity contribution in [3.05, 3.63) is 11.6 Å². The number of rotatable bonds is 29. The van der Waals surface area contributed by atoms with E-state index in [-0.39, 0.29) is 44.0 Å². The van der Waals surface area contributed by atoms with Crippen LogP contribution in [0.5, 0.6) is 0 Å². The molecule has 338 valence electrons. The van der Waals surface area contributed by atoms with E-state index in [1.807, 2.05) is 0 Å². The molecule has 4 aliphatic rings. The largest absolute Gasteiger partial charge is 0.472 e. The molecule has 14 heteroatoms. The van der Waals surface area contributed by atoms with Crippen molar-refractivity contribution in [3.8, 4) is 0 Å². The quantitative estimate of drug-likeness (QED) is 0.0327. The van der Waals surface area contributed by atoms with E-state index in [1.54, 1.807) is 5.57 Å². The SMILES string of the molecule is CC(C)CCC[C@H](C)[C@@H]1CCC2C3CC=C4C[C@H](OC(=O)NCCCOCCOCCOCCOCC(O)COP(=O)(O)OCCCCO)CC[C@@]4(C)C3CC[C@]21C. The number of allylic oxidation sites excluding steroid dienone is 1. The van der Waals surface area contributed by atoms with E-state index in [0.29, 0.717) is 70.9 Å². The summed E-state index contributed by atoms with van der Waals surface area (Å²) in [6.07, 6.45) is 16.5. The Morgan fingerprint density at radius 1 is 0.828 bits per heavy atom. The van der Waals surface area contributed by atoms with Crippen molar-refractivity contribution in [2.24, 2.45) is 46.3 Å². The van der Waals surface area contributed by atoms with Gasteiger partial charge in [-0.05, 0) is 111 Å². The van der Waals surface area contributed by atoms with Gasteiger partial charge in [0.15, 0.2) is 0 Å². The van der Waals surface area contributed by atoms with Gasteiger partial charge in [-0.2, -0.15) is 0 Å². The van der Waals surface area contributed by atoms with Crippen LogP contribution in [0.2, 0.25) is 0 Å². The van der Waals surface area contributed by atoms with Crippen LogP contribution in [0, 0.1) is 46.3 Å². The number of fused-ring (bicyclic) bond motifs is 5. The molecular formula is C44H80NO12P. The van der Waals surface area contributed by atoms with Gasteiger partial charge in [0.05, 0.1) is 59.5 Å². The molecule has 4 rings (SSSR count). The first-order valence-corrected chi connectivity index (χ1v) is 24.1. The second-order valence-corrected chi connectivity index (χ2v) is 19.9. The Morgan fingerprint density at radius 2 is 1.53 bits per heavy atom. The predicted molar refractivity (Wildman–Crippen MR) is 223 cm³/mol. The molecule has 3 saturated carbocycles. The molecule has 4 N–H and O–H groups in total. The zero-order chi connectivity index (χ0) is 42.0. The number of nitrogens with one attached hydrogen (secondary N) is 1. The molecule has 0 radical (unpaired) electrons. The highest BCUT2D eigenvalue weighted by molar-refractivity contribution is 7.47. The monoisotopic (exact) mass is 846 g/mol. The first kappa shape index (κ1) is 49.5. The zero-order valence-electron chi connectivity index (χ0n) is 36.5. The minimum Gasteiger partial charge on any atom is -0.446 e. The molecule has 4 aliphatic carbocycles. The van der Waals surface area contributed by atoms with Crippen LogP contribution in [-0.4, -0.2) is 113 Å². The van der Waals surface area contributed by atoms with Crippen LogP contribution in [0.15, 0.2) is 11.6 Å². The van der Waals surface area contributed by atoms with Gasteiger partial charge in [-0.1, -0.05) is 65.5 Å². The van der Waals surface area contributed by atoms with Crippen LogP contribution in [-0.2, 0) is 37.3 Å². The molecule has 0 bridgehead atoms. The topological polar surface area (TPSA) is 171 Å². The molecule has 13 nitrogen and oxygen atoms in total. The minimum atomic E-state index is -4.25. The van der Waals surface area contributed by atoms with E-state index in [2.05, 4.69) is 46.0 Å². The summed E-state index contributed by atoms with van der Waals surface area (Å²) in [4.78, 5) is 22.3. The molecule has 0 aromatic heterocycles. The fourth-order valence-corrected chi connectivity index (χ4v) is 11.6. The average Bonchev–Trinajstić information content (AvgIpc) is 3.54. The van der Waals surface area contributed by atoms with E-state index in [9.17, 15) is 19.4 Å². The lowest BCUT2D eigenvalue weighted by atomic mass is 9.47. The van der Waals surface area contributed by atoms with Gasteiger partial charge in [-0.3, -0.25) is 9.05 Å². The Hall–Kier alpha value is -1.12. The van der Waals surface area contributed by atoms with Crippen LogP contribution in [0.3, 0.4) is 0 Å². The summed E-state index contributed by atoms with van der Waals surface area (Å²) in [6.45, 7) is 15.1. The first-order valence-electron chi connectivity index (χ1n) is 22.6. The number of phosphoric acid groups is 1. The molecule has 0 aromatic rings. The fourth-order valence-electron chi connectivity index (χ4n) is 10.8. The molecule has 0 aliphatic heterocycles. The summed E-state index contributed by atoms with van der Waals surface area (Å²) in [5.74, 6) is 4.93. The van der Waals surface area contributed by atoms with Crippen molar-refractivity contribution < 1.29 is 57.2 Å². The van der Waals surface area contributed by atoms with Gasteiger partial charge in [-0.15, -0.1) is 0 Å². The van der Waals surface area contributed by atoms with E-state index in [4.69, 9.17) is 37.8 Å². The maximum absolute atomic E-state index is 12.7. The standard InChI is InChI=1S/C44H80NO12P/c1-33(2)10-8-11-34(3)39-14-15-40-38-13-12-35-30-37(16-18-43(35,4)41(38)17-19-44(39,40)5)57-42(48)45-20-9-22-51-24-25-52-26-27-53-28-29-54-31-36(47)32-56-58(49,50)55-23-7-6-21-46/h12,33-34,36-41,46-47H,6-11,13-32H2,1-5H3,(H,45,48)(H,49,50)/t34-,36?,37+,38?,39-,40?,41?,43+,44-/m0/s1. The van der Waals surface area contributed by atoms with Crippen LogP contribution in [0.1, 0.15) is 125 Å². The Kier molecular flexibility index (Phi) is 21.4. The first-order chi connectivity index (χ1) is 27.8. The smallest absolute Gasteiger partial charge is 0.446 e. The van der Waals surface area contributed by atoms with E-state index in [1.165, 1.54) is 51.4 Å². The van der Waals surface area contributed by atoms with Crippen LogP contribution in [0.4, 0.5) is 4.79 Å². The van der Waals surface area contributed by atoms with E-state index in [0.717, 1.165) is 54.8 Å². The van der Waals surface area contributed by atoms with Gasteiger partial charge >= 0.3 is 13.9 Å². The second kappa shape index (κ2) is 25.1. The van der Waals surface area contributed by atoms with Gasteiger partial charge in [-0.25, -0.2) is 9.36 Å². The number of carbonyl (C=O) groups is 1. The molecule has 0 aromatic carbocycles. The van der Waals surface area contributed by atoms with Crippen LogP contribution < -0.4 is 5.32 Å². The number of ether oxygens (including phenoxy) is 5. The van der Waals surface area contributed by atoms with Crippen molar-refractivity contribution in [1.82, 2.24) is 5.32 Å². The number of carbonyl (C=O) groups excluding carboxylic acids is 1. The Bertz CT molecular complexity index is 1270. The normalized spacial score (nSPS) is 30.2. The number of aliphatic hydroxyl groups excluding tert-OH is 2. The molecule has 10 atom stereocenters. The van der Waals surface area contributed by atoms with Crippen LogP contribution >= 0.6 is 7.82 Å². The van der Waals surface area contributed by atoms with Gasteiger partial charge in [0.25, 0.3) is 0 Å². The Labute approximate surface area is 349 Å². The molecule has 0 heterocycles. The third kappa shape index (κ3) is 15.3. The maximum Gasteiger partial charge on any atom is 0.472 e. The summed E-state index contributed by atoms with van der Waals surface area (Å²) in [6, 6.07) is 0. The van der Waals surface area contributed by atoms with Gasteiger partial charge in [0.2, 0.25) is 0 Å². The number of alkyl carbamates (subject to hydrolysis) is 1. The summed E-state index contributed by atoms with van der Waals surface area (Å²) in [5.41, 5.74) is 2.28. The highest BCUT2D eigenvalue weighted by Crippen LogP contribution is 2.67. The minimum absolute atomic E-state index is 0.0230. The molecule has 0 spiro atoms. The molecule has 1 amide bonds. The van der Waals surface area contributed by atoms with Crippen molar-refractivity contribution in [2.45, 2.75) is 137 Å². The second-order valence-electron chi connectivity index (χ2n) is 18.4. The molecule has 5 unspecified atom stereocenters. The zero-order valence-corrected chi connectivity index (χ0v) is 37.4. The predicted octanol–water partition coefficient (Wildman–Crippen LogP) is 7.85. The molecular weight excluding hydrogens is 765 g/mol. The van der Waals surface area contributed by atoms with Crippen molar-refractivity contribution in [2.75, 3.05) is 79.2 Å². The van der Waals surface area contributed by atoms with Crippen molar-refractivity contribution in [3.63, 3.8) is 0 Å². The van der Waals surface area contributed by atoms with Crippen molar-refractivity contribution >= 4 is 13.9 Å². The number of hydrogen-bond donors (Lipinski definition) is 4. The number of phosphoric ester groups is 1. The Balaban J connectivity index is 0.983. The molecule has 3 fully saturated rings. The maximum atomic E-state index is 12.7. The lowest BCUT2D eigenvalue weighted by molar-refractivity contribution is -0.0581. The summed E-state index contributed by atoms with van der Waals surface area (Å²) < 4.78 is 49.1. The van der Waals surface area contributed by atoms with Gasteiger partial charge in [0.1, 0.15) is 12.2 Å². The van der Waals surface area contributed by atoms with Gasteiger partial charge in [0, 0.05) is 26.2 Å². The lowest BCUT2D eigenvalue weighted by Gasteiger charge is -2.58. The highest BCUT2D eigenvalue weighted by atomic mass is 31.2. The van der Waals surface area contributed by atoms with Gasteiger partial charge < -0.3 is 44.1 Å². The molecule has 0 saturated heterocycles. The number of unbranched alkanes of at least 4 members (excludes halogenated alkanes) is 1. The van der Waals surface area contributed by atoms with E-state index < -0.39 is 20.5 Å². The van der Waals surface area contributed by atoms with Crippen molar-refractivity contribution in [1.29, 1.82) is 0 Å². The third-order valence-electron chi connectivity index (χ3n) is 13.9. The number of hydrogen-bond acceptors (Lipinski definition) is 11. The third-order valence-corrected chi connectivity index (χ3v) is 14.9. The summed E-state index contributed by atoms with van der Waals surface area (Å²) >= 11 is 0. The summed E-state index contributed by atoms with van der Waals surface area (Å²) in [5, 5.41) is 21.5. The highest BCUT2D eigenvalue weighted by Gasteiger charge is 2.59. The number of aliphatic hydroxyl groups is 2. The lowest BCUT2D eigenvalue weighted by Crippen LogP contribution is -2.51. The number of amides is 1. The van der Waals surface area contributed by atoms with Crippen LogP contribution in [0.25, 0.3) is 0 Å².